The van der Waals surface area contributed by atoms with Crippen molar-refractivity contribution in [1.29, 1.82) is 0 Å². The molecule has 1 rings (SSSR count). The van der Waals surface area contributed by atoms with E-state index in [1.165, 1.54) is 0 Å². The van der Waals surface area contributed by atoms with E-state index < -0.39 is 0 Å². The van der Waals surface area contributed by atoms with Crippen LogP contribution in [0.15, 0.2) is 18.5 Å². The summed E-state index contributed by atoms with van der Waals surface area (Å²) in [6.07, 6.45) is 3.77. The summed E-state index contributed by atoms with van der Waals surface area (Å²) in [5.74, 6) is 0. The lowest BCUT2D eigenvalue weighted by atomic mass is 10.5. The summed E-state index contributed by atoms with van der Waals surface area (Å²) in [7, 11) is 1.95. The molecule has 0 bridgehead atoms. The molecule has 12 heavy (non-hydrogen) atoms. The average Bonchev–Trinajstić information content (AvgIpc) is 2.57. The van der Waals surface area contributed by atoms with Gasteiger partial charge in [-0.2, -0.15) is 5.10 Å². The zero-order valence-corrected chi connectivity index (χ0v) is 7.45. The van der Waals surface area contributed by atoms with Crippen LogP contribution < -0.4 is 10.6 Å². The third-order valence-corrected chi connectivity index (χ3v) is 1.63. The van der Waals surface area contributed by atoms with Gasteiger partial charge < -0.3 is 10.6 Å². The maximum absolute atomic E-state index is 4.10. The molecule has 2 N–H and O–H groups in total. The Labute approximate surface area is 73.0 Å². The van der Waals surface area contributed by atoms with Gasteiger partial charge in [-0.05, 0) is 13.1 Å². The molecule has 4 heteroatoms. The Hall–Kier alpha value is -0.870. The van der Waals surface area contributed by atoms with Crippen molar-refractivity contribution in [2.45, 2.75) is 6.54 Å². The molecule has 0 atom stereocenters. The zero-order valence-electron chi connectivity index (χ0n) is 7.45. The zero-order chi connectivity index (χ0) is 8.65. The monoisotopic (exact) mass is 168 g/mol. The average molecular weight is 168 g/mol. The summed E-state index contributed by atoms with van der Waals surface area (Å²) >= 11 is 0. The topological polar surface area (TPSA) is 41.9 Å². The minimum atomic E-state index is 0.941. The number of hydrogen-bond donors (Lipinski definition) is 2. The van der Waals surface area contributed by atoms with Crippen LogP contribution in [-0.2, 0) is 6.54 Å². The minimum Gasteiger partial charge on any atom is -0.318 e. The van der Waals surface area contributed by atoms with Gasteiger partial charge >= 0.3 is 0 Å². The summed E-state index contributed by atoms with van der Waals surface area (Å²) in [6, 6.07) is 1.94. The largest absolute Gasteiger partial charge is 0.318 e. The SMILES string of the molecule is CNCCNCCn1cccn1. The van der Waals surface area contributed by atoms with Crippen molar-refractivity contribution in [2.75, 3.05) is 26.7 Å². The molecule has 0 aliphatic rings. The van der Waals surface area contributed by atoms with Crippen molar-refractivity contribution in [3.63, 3.8) is 0 Å². The molecule has 0 aliphatic carbocycles. The van der Waals surface area contributed by atoms with E-state index in [2.05, 4.69) is 15.7 Å². The van der Waals surface area contributed by atoms with E-state index in [4.69, 9.17) is 0 Å². The fourth-order valence-electron chi connectivity index (χ4n) is 0.965. The summed E-state index contributed by atoms with van der Waals surface area (Å²) in [4.78, 5) is 0. The normalized spacial score (nSPS) is 10.4. The van der Waals surface area contributed by atoms with Crippen LogP contribution in [0.4, 0.5) is 0 Å². The van der Waals surface area contributed by atoms with Crippen LogP contribution in [0, 0.1) is 0 Å². The number of rotatable bonds is 6. The third kappa shape index (κ3) is 3.50. The molecule has 1 aromatic rings. The van der Waals surface area contributed by atoms with Crippen molar-refractivity contribution in [3.8, 4) is 0 Å². The highest BCUT2D eigenvalue weighted by molar-refractivity contribution is 4.77. The Morgan fingerprint density at radius 2 is 2.25 bits per heavy atom. The number of hydrogen-bond acceptors (Lipinski definition) is 3. The van der Waals surface area contributed by atoms with E-state index in [1.807, 2.05) is 24.0 Å². The molecule has 0 spiro atoms. The van der Waals surface area contributed by atoms with Gasteiger partial charge in [0.05, 0.1) is 6.54 Å². The predicted molar refractivity (Wildman–Crippen MR) is 49.0 cm³/mol. The van der Waals surface area contributed by atoms with Crippen molar-refractivity contribution < 1.29 is 0 Å². The first-order chi connectivity index (χ1) is 5.93. The molecule has 0 radical (unpaired) electrons. The minimum absolute atomic E-state index is 0.941. The van der Waals surface area contributed by atoms with Crippen LogP contribution >= 0.6 is 0 Å². The molecule has 0 aliphatic heterocycles. The summed E-state index contributed by atoms with van der Waals surface area (Å²) < 4.78 is 1.92. The molecule has 0 unspecified atom stereocenters. The highest BCUT2D eigenvalue weighted by Gasteiger charge is 1.88. The van der Waals surface area contributed by atoms with E-state index in [0.717, 1.165) is 26.2 Å². The van der Waals surface area contributed by atoms with Crippen molar-refractivity contribution in [3.05, 3.63) is 18.5 Å². The predicted octanol–water partition coefficient (Wildman–Crippen LogP) is -0.308. The van der Waals surface area contributed by atoms with Gasteiger partial charge in [0.2, 0.25) is 0 Å². The highest BCUT2D eigenvalue weighted by Crippen LogP contribution is 1.81. The van der Waals surface area contributed by atoms with E-state index in [9.17, 15) is 0 Å². The maximum Gasteiger partial charge on any atom is 0.0533 e. The lowest BCUT2D eigenvalue weighted by Gasteiger charge is -2.03. The summed E-state index contributed by atoms with van der Waals surface area (Å²) in [5, 5.41) is 10.5. The van der Waals surface area contributed by atoms with Gasteiger partial charge in [0.1, 0.15) is 0 Å². The van der Waals surface area contributed by atoms with Crippen LogP contribution in [0.25, 0.3) is 0 Å². The Kier molecular flexibility index (Phi) is 4.41. The molecule has 0 amide bonds. The molecule has 0 fully saturated rings. The first-order valence-corrected chi connectivity index (χ1v) is 4.26. The quantitative estimate of drug-likeness (QED) is 0.573. The Bertz CT molecular complexity index is 183. The van der Waals surface area contributed by atoms with Crippen molar-refractivity contribution >= 4 is 0 Å². The van der Waals surface area contributed by atoms with Gasteiger partial charge in [0.25, 0.3) is 0 Å². The molecule has 4 nitrogen and oxygen atoms in total. The fourth-order valence-corrected chi connectivity index (χ4v) is 0.965. The maximum atomic E-state index is 4.10. The molecule has 0 aromatic carbocycles. The van der Waals surface area contributed by atoms with Crippen LogP contribution in [0.5, 0.6) is 0 Å². The van der Waals surface area contributed by atoms with Gasteiger partial charge in [0, 0.05) is 32.0 Å². The second-order valence-electron chi connectivity index (χ2n) is 2.62. The van der Waals surface area contributed by atoms with Crippen molar-refractivity contribution in [1.82, 2.24) is 20.4 Å². The van der Waals surface area contributed by atoms with Crippen LogP contribution in [0.3, 0.4) is 0 Å². The molecular weight excluding hydrogens is 152 g/mol. The van der Waals surface area contributed by atoms with E-state index in [1.54, 1.807) is 6.20 Å². The van der Waals surface area contributed by atoms with Gasteiger partial charge in [-0.25, -0.2) is 0 Å². The van der Waals surface area contributed by atoms with Crippen LogP contribution in [0.2, 0.25) is 0 Å². The lowest BCUT2D eigenvalue weighted by molar-refractivity contribution is 0.550. The van der Waals surface area contributed by atoms with E-state index in [0.29, 0.717) is 0 Å². The molecule has 1 aromatic heterocycles. The smallest absolute Gasteiger partial charge is 0.0533 e. The Morgan fingerprint density at radius 1 is 1.33 bits per heavy atom. The molecule has 68 valence electrons. The number of nitrogens with one attached hydrogen (secondary N) is 2. The number of nitrogens with zero attached hydrogens (tertiary/aromatic N) is 2. The highest BCUT2D eigenvalue weighted by atomic mass is 15.3. The van der Waals surface area contributed by atoms with Crippen molar-refractivity contribution in [2.24, 2.45) is 0 Å². The first-order valence-electron chi connectivity index (χ1n) is 4.26. The molecular formula is C8H16N4. The van der Waals surface area contributed by atoms with E-state index in [-0.39, 0.29) is 0 Å². The van der Waals surface area contributed by atoms with Gasteiger partial charge in [-0.15, -0.1) is 0 Å². The Morgan fingerprint density at radius 3 is 2.92 bits per heavy atom. The number of likely N-dealkylation sites (N-methyl/N-ethyl adjacent to an activating group) is 1. The third-order valence-electron chi connectivity index (χ3n) is 1.63. The lowest BCUT2D eigenvalue weighted by Crippen LogP contribution is -2.27. The summed E-state index contributed by atoms with van der Waals surface area (Å²) in [5.41, 5.74) is 0. The second-order valence-corrected chi connectivity index (χ2v) is 2.62. The van der Waals surface area contributed by atoms with E-state index >= 15 is 0 Å². The molecule has 1 heterocycles. The Balaban J connectivity index is 1.96. The van der Waals surface area contributed by atoms with Crippen LogP contribution in [-0.4, -0.2) is 36.5 Å². The fraction of sp³-hybridized carbons (Fsp3) is 0.625. The van der Waals surface area contributed by atoms with Crippen LogP contribution in [0.1, 0.15) is 0 Å². The first kappa shape index (κ1) is 9.22. The van der Waals surface area contributed by atoms with Gasteiger partial charge in [-0.3, -0.25) is 4.68 Å². The standard InChI is InChI=1S/C8H16N4/c1-9-4-5-10-6-8-12-7-2-3-11-12/h2-3,7,9-10H,4-6,8H2,1H3. The molecule has 0 saturated carbocycles. The molecule has 0 saturated heterocycles. The summed E-state index contributed by atoms with van der Waals surface area (Å²) in [6.45, 7) is 3.94. The van der Waals surface area contributed by atoms with Gasteiger partial charge in [-0.1, -0.05) is 0 Å². The second kappa shape index (κ2) is 5.74. The number of aromatic nitrogens is 2. The van der Waals surface area contributed by atoms with Gasteiger partial charge in [0.15, 0.2) is 0 Å².